The number of rotatable bonds is 5. The Balaban J connectivity index is 2.07. The molecule has 0 spiro atoms. The van der Waals surface area contributed by atoms with Crippen LogP contribution in [0.1, 0.15) is 28.5 Å². The maximum absolute atomic E-state index is 13.4. The second-order valence-electron chi connectivity index (χ2n) is 6.81. The molecule has 0 aliphatic rings. The Kier molecular flexibility index (Phi) is 6.18. The molecule has 5 nitrogen and oxygen atoms in total. The molecule has 1 heterocycles. The van der Waals surface area contributed by atoms with Crippen molar-refractivity contribution in [2.75, 3.05) is 24.2 Å². The number of anilines is 2. The average molecular weight is 454 g/mol. The fourth-order valence-electron chi connectivity index (χ4n) is 3.22. The maximum Gasteiger partial charge on any atom is 0.433 e. The molecule has 0 amide bonds. The van der Waals surface area contributed by atoms with Crippen molar-refractivity contribution in [1.29, 1.82) is 5.26 Å². The molecule has 1 aromatic heterocycles. The monoisotopic (exact) mass is 454 g/mol. The van der Waals surface area contributed by atoms with Crippen LogP contribution < -0.4 is 10.6 Å². The first-order chi connectivity index (χ1) is 15.0. The summed E-state index contributed by atoms with van der Waals surface area (Å²) in [4.78, 5) is 3.20. The number of fused-ring (bicyclic) bond motifs is 1. The van der Waals surface area contributed by atoms with Gasteiger partial charge >= 0.3 is 12.4 Å². The van der Waals surface area contributed by atoms with Crippen LogP contribution in [0.3, 0.4) is 0 Å². The maximum atomic E-state index is 13.4. The van der Waals surface area contributed by atoms with E-state index in [0.717, 1.165) is 6.07 Å². The van der Waals surface area contributed by atoms with E-state index in [-0.39, 0.29) is 17.5 Å². The van der Waals surface area contributed by atoms with Gasteiger partial charge in [-0.2, -0.15) is 31.6 Å². The summed E-state index contributed by atoms with van der Waals surface area (Å²) in [5.41, 5.74) is -2.90. The Morgan fingerprint density at radius 1 is 1.03 bits per heavy atom. The van der Waals surface area contributed by atoms with Crippen LogP contribution in [0.4, 0.5) is 37.7 Å². The molecule has 168 valence electrons. The molecule has 0 saturated heterocycles. The molecular weight excluding hydrogens is 438 g/mol. The number of pyridine rings is 1. The van der Waals surface area contributed by atoms with Crippen molar-refractivity contribution in [3.8, 4) is 6.07 Å². The van der Waals surface area contributed by atoms with Crippen molar-refractivity contribution in [3.63, 3.8) is 0 Å². The molecule has 0 aliphatic carbocycles. The molecule has 2 aromatic carbocycles. The van der Waals surface area contributed by atoms with Crippen LogP contribution in [-0.2, 0) is 12.4 Å². The minimum absolute atomic E-state index is 0.248. The van der Waals surface area contributed by atoms with E-state index in [1.165, 1.54) is 18.2 Å². The van der Waals surface area contributed by atoms with E-state index >= 15 is 0 Å². The van der Waals surface area contributed by atoms with Gasteiger partial charge in [0.05, 0.1) is 40.2 Å². The van der Waals surface area contributed by atoms with E-state index < -0.39 is 35.2 Å². The number of para-hydroxylation sites is 1. The van der Waals surface area contributed by atoms with Crippen molar-refractivity contribution in [2.24, 2.45) is 0 Å². The van der Waals surface area contributed by atoms with E-state index in [4.69, 9.17) is 5.26 Å². The Morgan fingerprint density at radius 3 is 2.34 bits per heavy atom. The summed E-state index contributed by atoms with van der Waals surface area (Å²) in [6.45, 7) is -0.337. The summed E-state index contributed by atoms with van der Waals surface area (Å²) in [6, 6.07) is 9.92. The molecule has 0 saturated carbocycles. The zero-order chi connectivity index (χ0) is 23.7. The number of aromatic nitrogens is 1. The quantitative estimate of drug-likeness (QED) is 0.454. The summed E-state index contributed by atoms with van der Waals surface area (Å²) in [5.74, 6) is 0. The van der Waals surface area contributed by atoms with E-state index in [2.05, 4.69) is 15.6 Å². The lowest BCUT2D eigenvalue weighted by molar-refractivity contribution is -0.142. The highest BCUT2D eigenvalue weighted by atomic mass is 19.4. The van der Waals surface area contributed by atoms with E-state index in [1.54, 1.807) is 13.1 Å². The number of nitriles is 1. The van der Waals surface area contributed by atoms with E-state index in [0.29, 0.717) is 29.1 Å². The fraction of sp³-hybridized carbons (Fsp3) is 0.238. The summed E-state index contributed by atoms with van der Waals surface area (Å²) in [5, 5.41) is 25.1. The van der Waals surface area contributed by atoms with Crippen molar-refractivity contribution in [3.05, 3.63) is 64.8 Å². The summed E-state index contributed by atoms with van der Waals surface area (Å²) < 4.78 is 80.1. The molecule has 0 bridgehead atoms. The summed E-state index contributed by atoms with van der Waals surface area (Å²) in [6.07, 6.45) is -11.6. The first kappa shape index (κ1) is 23.1. The number of aliphatic hydroxyl groups is 1. The van der Waals surface area contributed by atoms with Crippen molar-refractivity contribution in [2.45, 2.75) is 18.5 Å². The molecule has 0 radical (unpaired) electrons. The van der Waals surface area contributed by atoms with Crippen LogP contribution >= 0.6 is 0 Å². The summed E-state index contributed by atoms with van der Waals surface area (Å²) in [7, 11) is 1.60. The molecule has 32 heavy (non-hydrogen) atoms. The average Bonchev–Trinajstić information content (AvgIpc) is 2.74. The second-order valence-corrected chi connectivity index (χ2v) is 6.81. The molecule has 3 rings (SSSR count). The topological polar surface area (TPSA) is 81.0 Å². The number of benzene rings is 2. The SMILES string of the molecule is CNc1ccc(C#N)cc1NCC(O)c1cc(C(F)(F)F)nc2c(C(F)(F)F)cccc12. The van der Waals surface area contributed by atoms with E-state index in [9.17, 15) is 31.4 Å². The lowest BCUT2D eigenvalue weighted by Gasteiger charge is -2.20. The largest absolute Gasteiger partial charge is 0.433 e. The van der Waals surface area contributed by atoms with Gasteiger partial charge in [-0.3, -0.25) is 0 Å². The Bertz CT molecular complexity index is 1180. The molecule has 1 unspecified atom stereocenters. The number of hydrogen-bond acceptors (Lipinski definition) is 5. The predicted octanol–water partition coefficient (Wildman–Crippen LogP) is 5.33. The van der Waals surface area contributed by atoms with Gasteiger partial charge in [0, 0.05) is 19.0 Å². The highest BCUT2D eigenvalue weighted by Crippen LogP contribution is 2.39. The number of aliphatic hydroxyl groups excluding tert-OH is 1. The molecule has 0 fully saturated rings. The highest BCUT2D eigenvalue weighted by Gasteiger charge is 2.38. The van der Waals surface area contributed by atoms with Crippen LogP contribution in [0.5, 0.6) is 0 Å². The van der Waals surface area contributed by atoms with Crippen molar-refractivity contribution >= 4 is 22.3 Å². The third kappa shape index (κ3) is 4.70. The number of hydrogen-bond donors (Lipinski definition) is 3. The van der Waals surface area contributed by atoms with Crippen molar-refractivity contribution < 1.29 is 31.4 Å². The van der Waals surface area contributed by atoms with Gasteiger partial charge < -0.3 is 15.7 Å². The van der Waals surface area contributed by atoms with Crippen LogP contribution in [-0.4, -0.2) is 23.7 Å². The van der Waals surface area contributed by atoms with Gasteiger partial charge in [0.2, 0.25) is 0 Å². The van der Waals surface area contributed by atoms with Gasteiger partial charge in [0.15, 0.2) is 0 Å². The molecule has 0 aliphatic heterocycles. The zero-order valence-corrected chi connectivity index (χ0v) is 16.4. The molecular formula is C21H16F6N4O. The number of halogens is 6. The van der Waals surface area contributed by atoms with Crippen LogP contribution in [0.15, 0.2) is 42.5 Å². The van der Waals surface area contributed by atoms with Gasteiger partial charge in [0.25, 0.3) is 0 Å². The van der Waals surface area contributed by atoms with Crippen LogP contribution in [0.2, 0.25) is 0 Å². The zero-order valence-electron chi connectivity index (χ0n) is 16.4. The predicted molar refractivity (Wildman–Crippen MR) is 106 cm³/mol. The normalized spacial score (nSPS) is 13.0. The Morgan fingerprint density at radius 2 is 1.75 bits per heavy atom. The minimum Gasteiger partial charge on any atom is -0.387 e. The standard InChI is InChI=1S/C21H16F6N4O/c1-29-15-6-5-11(9-28)7-16(15)30-10-17(32)13-8-18(21(25,26)27)31-19-12(13)3-2-4-14(19)20(22,23)24/h2-8,17,29-30,32H,10H2,1H3. The lowest BCUT2D eigenvalue weighted by Crippen LogP contribution is -2.17. The van der Waals surface area contributed by atoms with Gasteiger partial charge in [-0.05, 0) is 35.9 Å². The van der Waals surface area contributed by atoms with Crippen LogP contribution in [0, 0.1) is 11.3 Å². The number of nitrogens with one attached hydrogen (secondary N) is 2. The lowest BCUT2D eigenvalue weighted by atomic mass is 9.99. The molecule has 3 N–H and O–H groups in total. The number of alkyl halides is 6. The fourth-order valence-corrected chi connectivity index (χ4v) is 3.22. The molecule has 11 heteroatoms. The Labute approximate surface area is 178 Å². The third-order valence-corrected chi connectivity index (χ3v) is 4.73. The van der Waals surface area contributed by atoms with E-state index in [1.807, 2.05) is 6.07 Å². The minimum atomic E-state index is -5.02. The van der Waals surface area contributed by atoms with Gasteiger partial charge in [-0.15, -0.1) is 0 Å². The van der Waals surface area contributed by atoms with Crippen LogP contribution in [0.25, 0.3) is 10.9 Å². The Hall–Kier alpha value is -3.52. The van der Waals surface area contributed by atoms with Gasteiger partial charge in [-0.25, -0.2) is 4.98 Å². The van der Waals surface area contributed by atoms with Crippen molar-refractivity contribution in [1.82, 2.24) is 4.98 Å². The molecule has 3 aromatic rings. The third-order valence-electron chi connectivity index (χ3n) is 4.73. The number of nitrogens with zero attached hydrogens (tertiary/aromatic N) is 2. The van der Waals surface area contributed by atoms with Gasteiger partial charge in [0.1, 0.15) is 5.69 Å². The smallest absolute Gasteiger partial charge is 0.387 e. The first-order valence-corrected chi connectivity index (χ1v) is 9.17. The summed E-state index contributed by atoms with van der Waals surface area (Å²) >= 11 is 0. The highest BCUT2D eigenvalue weighted by molar-refractivity contribution is 5.86. The second kappa shape index (κ2) is 8.55. The first-order valence-electron chi connectivity index (χ1n) is 9.17. The molecule has 1 atom stereocenters. The van der Waals surface area contributed by atoms with Gasteiger partial charge in [-0.1, -0.05) is 12.1 Å².